The molecule has 0 unspecified atom stereocenters. The Bertz CT molecular complexity index is 1530. The molecule has 7 nitrogen and oxygen atoms in total. The lowest BCUT2D eigenvalue weighted by Crippen LogP contribution is -2.39. The van der Waals surface area contributed by atoms with Crippen molar-refractivity contribution in [1.82, 2.24) is 20.4 Å². The number of carbonyl (C=O) groups is 1. The Morgan fingerprint density at radius 2 is 1.79 bits per heavy atom. The number of allylic oxidation sites excluding steroid dienone is 1. The Labute approximate surface area is 247 Å². The summed E-state index contributed by atoms with van der Waals surface area (Å²) in [6.45, 7) is 4.39. The van der Waals surface area contributed by atoms with Gasteiger partial charge in [-0.05, 0) is 76.2 Å². The maximum absolute atomic E-state index is 12.2. The van der Waals surface area contributed by atoms with E-state index in [0.717, 1.165) is 16.7 Å². The molecule has 1 saturated carbocycles. The van der Waals surface area contributed by atoms with Gasteiger partial charge in [-0.1, -0.05) is 61.0 Å². The monoisotopic (exact) mass is 561 g/mol. The van der Waals surface area contributed by atoms with E-state index in [1.807, 2.05) is 17.2 Å². The van der Waals surface area contributed by atoms with Gasteiger partial charge in [-0.2, -0.15) is 6.20 Å². The number of hydrogen-bond acceptors (Lipinski definition) is 5. The van der Waals surface area contributed by atoms with Gasteiger partial charge in [-0.3, -0.25) is 4.79 Å². The number of nitrogens with zero attached hydrogens (tertiary/aromatic N) is 3. The van der Waals surface area contributed by atoms with Crippen molar-refractivity contribution in [3.8, 4) is 5.75 Å². The first-order valence-corrected chi connectivity index (χ1v) is 14.9. The highest BCUT2D eigenvalue weighted by atomic mass is 16.5. The molecule has 0 bridgehead atoms. The van der Waals surface area contributed by atoms with Gasteiger partial charge in [0.05, 0.1) is 13.2 Å². The van der Waals surface area contributed by atoms with Crippen molar-refractivity contribution in [1.29, 1.82) is 0 Å². The number of benzene rings is 3. The maximum Gasteiger partial charge on any atom is 0.246 e. The zero-order chi connectivity index (χ0) is 28.6. The Morgan fingerprint density at radius 1 is 1.00 bits per heavy atom. The van der Waals surface area contributed by atoms with E-state index in [2.05, 4.69) is 88.3 Å². The van der Waals surface area contributed by atoms with Gasteiger partial charge in [0, 0.05) is 37.8 Å². The molecule has 0 radical (unpaired) electrons. The van der Waals surface area contributed by atoms with Crippen molar-refractivity contribution in [2.24, 2.45) is 5.92 Å². The fourth-order valence-corrected chi connectivity index (χ4v) is 5.63. The summed E-state index contributed by atoms with van der Waals surface area (Å²) in [6, 6.07) is 25.7. The molecule has 4 aromatic rings. The number of amides is 1. The molecule has 3 aromatic carbocycles. The van der Waals surface area contributed by atoms with Crippen LogP contribution in [0.5, 0.6) is 5.75 Å². The van der Waals surface area contributed by atoms with Gasteiger partial charge in [-0.25, -0.2) is 0 Å². The average Bonchev–Trinajstić information content (AvgIpc) is 3.49. The van der Waals surface area contributed by atoms with E-state index < -0.39 is 0 Å². The number of morpholine rings is 1. The predicted molar refractivity (Wildman–Crippen MR) is 166 cm³/mol. The third kappa shape index (κ3) is 6.64. The average molecular weight is 562 g/mol. The highest BCUT2D eigenvalue weighted by Crippen LogP contribution is 2.45. The molecule has 6 rings (SSSR count). The van der Waals surface area contributed by atoms with Crippen molar-refractivity contribution in [3.63, 3.8) is 0 Å². The van der Waals surface area contributed by atoms with Crippen LogP contribution >= 0.6 is 0 Å². The second-order valence-corrected chi connectivity index (χ2v) is 10.8. The number of carbonyl (C=O) groups excluding carboxylic acids is 1. The fourth-order valence-electron chi connectivity index (χ4n) is 5.63. The first-order chi connectivity index (χ1) is 20.8. The van der Waals surface area contributed by atoms with Crippen LogP contribution < -0.4 is 15.2 Å². The van der Waals surface area contributed by atoms with Gasteiger partial charge >= 0.3 is 0 Å². The topological polar surface area (TPSA) is 77.8 Å². The van der Waals surface area contributed by atoms with Gasteiger partial charge in [0.15, 0.2) is 0 Å². The molecule has 1 aliphatic heterocycles. The highest BCUT2D eigenvalue weighted by molar-refractivity contribution is 6.01. The highest BCUT2D eigenvalue weighted by Gasteiger charge is 2.27. The van der Waals surface area contributed by atoms with Crippen LogP contribution in [0.1, 0.15) is 36.0 Å². The zero-order valence-corrected chi connectivity index (χ0v) is 23.9. The lowest BCUT2D eigenvalue weighted by atomic mass is 9.73. The van der Waals surface area contributed by atoms with Crippen LogP contribution in [0.15, 0.2) is 91.1 Å². The summed E-state index contributed by atoms with van der Waals surface area (Å²) in [7, 11) is 0. The molecule has 42 heavy (non-hydrogen) atoms. The Kier molecular flexibility index (Phi) is 9.08. The summed E-state index contributed by atoms with van der Waals surface area (Å²) >= 11 is 0. The lowest BCUT2D eigenvalue weighted by molar-refractivity contribution is -0.129. The summed E-state index contributed by atoms with van der Waals surface area (Å²) in [5.74, 6) is 1.41. The van der Waals surface area contributed by atoms with E-state index in [0.29, 0.717) is 51.9 Å². The molecule has 1 saturated heterocycles. The molecule has 1 amide bonds. The summed E-state index contributed by atoms with van der Waals surface area (Å²) in [4.78, 5) is 14.0. The molecule has 7 heteroatoms. The van der Waals surface area contributed by atoms with Crippen LogP contribution in [0.4, 0.5) is 0 Å². The van der Waals surface area contributed by atoms with E-state index in [1.165, 1.54) is 47.1 Å². The summed E-state index contributed by atoms with van der Waals surface area (Å²) in [6.07, 6.45) is 9.03. The van der Waals surface area contributed by atoms with Crippen LogP contribution in [-0.2, 0) is 9.53 Å². The van der Waals surface area contributed by atoms with Gasteiger partial charge in [0.2, 0.25) is 5.91 Å². The normalized spacial score (nSPS) is 16.4. The van der Waals surface area contributed by atoms with Crippen LogP contribution in [0.2, 0.25) is 0 Å². The zero-order valence-electron chi connectivity index (χ0n) is 23.9. The summed E-state index contributed by atoms with van der Waals surface area (Å²) in [5.41, 5.74) is 7.23. The number of hydrogen-bond donors (Lipinski definition) is 1. The van der Waals surface area contributed by atoms with Gasteiger partial charge < -0.3 is 29.9 Å². The minimum atomic E-state index is 0.0422. The second kappa shape index (κ2) is 13.6. The number of rotatable bonds is 11. The van der Waals surface area contributed by atoms with Crippen molar-refractivity contribution >= 4 is 28.0 Å². The number of ether oxygens (including phenoxy) is 2. The van der Waals surface area contributed by atoms with Crippen molar-refractivity contribution in [2.45, 2.75) is 19.3 Å². The number of nitrogens with one attached hydrogen (secondary N) is 1. The SMILES string of the molecule is O=C(/C=C/CNCCOc1ccc(/C(=C(\c2ccccc2)C2CCC2)c2ccc3n[n-]cc3c2)cc1)N1CCOCC1. The van der Waals surface area contributed by atoms with Gasteiger partial charge in [-0.15, -0.1) is 0 Å². The standard InChI is InChI=1S/C35H37N4O3/c40-33(39-19-22-41-23-20-39)10-5-17-36-18-21-42-31-14-11-28(12-15-31)35(29-13-16-32-30(24-29)25-37-38-32)34(27-8-4-9-27)26-6-2-1-3-7-26/h1-3,5-7,10-16,24-25,27,36H,4,8-9,17-23H2/q-1/b10-5+,35-34-. The second-order valence-electron chi connectivity index (χ2n) is 10.8. The number of aromatic nitrogens is 2. The van der Waals surface area contributed by atoms with Crippen LogP contribution in [0.3, 0.4) is 0 Å². The molecule has 2 aliphatic rings. The van der Waals surface area contributed by atoms with E-state index in [9.17, 15) is 4.79 Å². The summed E-state index contributed by atoms with van der Waals surface area (Å²) in [5, 5.41) is 12.7. The quantitative estimate of drug-likeness (QED) is 0.151. The first kappa shape index (κ1) is 27.9. The maximum atomic E-state index is 12.2. The third-order valence-corrected chi connectivity index (χ3v) is 8.08. The molecular weight excluding hydrogens is 524 g/mol. The molecule has 1 aromatic heterocycles. The molecule has 1 N–H and O–H groups in total. The van der Waals surface area contributed by atoms with E-state index in [4.69, 9.17) is 9.47 Å². The number of fused-ring (bicyclic) bond motifs is 1. The van der Waals surface area contributed by atoms with E-state index >= 15 is 0 Å². The predicted octanol–water partition coefficient (Wildman–Crippen LogP) is 5.33. The van der Waals surface area contributed by atoms with Crippen molar-refractivity contribution in [2.75, 3.05) is 46.0 Å². The van der Waals surface area contributed by atoms with Crippen LogP contribution in [0, 0.1) is 5.92 Å². The smallest absolute Gasteiger partial charge is 0.246 e. The largest absolute Gasteiger partial charge is 0.581 e. The fraction of sp³-hybridized carbons (Fsp3) is 0.314. The summed E-state index contributed by atoms with van der Waals surface area (Å²) < 4.78 is 11.3. The van der Waals surface area contributed by atoms with Crippen molar-refractivity contribution < 1.29 is 14.3 Å². The Morgan fingerprint density at radius 3 is 2.55 bits per heavy atom. The van der Waals surface area contributed by atoms with Crippen LogP contribution in [0.25, 0.3) is 22.0 Å². The Hall–Kier alpha value is -4.20. The Balaban J connectivity index is 1.14. The minimum Gasteiger partial charge on any atom is -0.581 e. The van der Waals surface area contributed by atoms with Crippen molar-refractivity contribution in [3.05, 3.63) is 108 Å². The third-order valence-electron chi connectivity index (χ3n) is 8.08. The molecule has 2 heterocycles. The van der Waals surface area contributed by atoms with Gasteiger partial charge in [0.1, 0.15) is 12.4 Å². The molecule has 2 fully saturated rings. The molecule has 216 valence electrons. The van der Waals surface area contributed by atoms with E-state index in [-0.39, 0.29) is 5.91 Å². The molecule has 0 spiro atoms. The first-order valence-electron chi connectivity index (χ1n) is 14.9. The van der Waals surface area contributed by atoms with E-state index in [1.54, 1.807) is 6.08 Å². The lowest BCUT2D eigenvalue weighted by Gasteiger charge is -2.31. The molecule has 0 atom stereocenters. The molecule has 1 aliphatic carbocycles. The van der Waals surface area contributed by atoms with Crippen LogP contribution in [-0.4, -0.2) is 61.9 Å². The molecular formula is C35H37N4O3-. The minimum absolute atomic E-state index is 0.0422. The van der Waals surface area contributed by atoms with Gasteiger partial charge in [0.25, 0.3) is 0 Å².